The maximum absolute atomic E-state index is 12.9. The Kier molecular flexibility index (Phi) is 8.28. The van der Waals surface area contributed by atoms with Gasteiger partial charge >= 0.3 is 5.97 Å². The van der Waals surface area contributed by atoms with Gasteiger partial charge in [-0.25, -0.2) is 0 Å². The second-order valence-corrected chi connectivity index (χ2v) is 9.38. The lowest BCUT2D eigenvalue weighted by Gasteiger charge is -2.13. The van der Waals surface area contributed by atoms with Crippen LogP contribution in [0.5, 0.6) is 5.75 Å². The number of rotatable bonds is 8. The van der Waals surface area contributed by atoms with Crippen LogP contribution in [-0.4, -0.2) is 34.2 Å². The molecule has 1 saturated heterocycles. The molecule has 1 heterocycles. The molecule has 31 heavy (non-hydrogen) atoms. The fourth-order valence-corrected chi connectivity index (χ4v) is 4.64. The molecule has 0 radical (unpaired) electrons. The SMILES string of the molecule is CCOC(=O)CCN1C(=O)/C(=C\c2cc(Br)ccc2OCc2ccccc2C)SC1=S. The molecule has 0 unspecified atom stereocenters. The predicted octanol–water partition coefficient (Wildman–Crippen LogP) is 5.49. The van der Waals surface area contributed by atoms with Gasteiger partial charge in [-0.2, -0.15) is 0 Å². The highest BCUT2D eigenvalue weighted by Crippen LogP contribution is 2.35. The summed E-state index contributed by atoms with van der Waals surface area (Å²) in [4.78, 5) is 26.4. The minimum atomic E-state index is -0.348. The summed E-state index contributed by atoms with van der Waals surface area (Å²) in [6, 6.07) is 13.7. The molecule has 1 aliphatic heterocycles. The highest BCUT2D eigenvalue weighted by atomic mass is 79.9. The van der Waals surface area contributed by atoms with Crippen molar-refractivity contribution in [2.75, 3.05) is 13.2 Å². The van der Waals surface area contributed by atoms with Gasteiger partial charge in [0.2, 0.25) is 0 Å². The molecule has 0 spiro atoms. The molecule has 5 nitrogen and oxygen atoms in total. The van der Waals surface area contributed by atoms with Gasteiger partial charge in [0.1, 0.15) is 16.7 Å². The number of esters is 1. The fourth-order valence-electron chi connectivity index (χ4n) is 2.96. The minimum absolute atomic E-state index is 0.106. The summed E-state index contributed by atoms with van der Waals surface area (Å²) in [5, 5.41) is 0. The lowest BCUT2D eigenvalue weighted by molar-refractivity contribution is -0.143. The van der Waals surface area contributed by atoms with Crippen molar-refractivity contribution in [3.05, 3.63) is 68.5 Å². The Morgan fingerprint density at radius 2 is 2.03 bits per heavy atom. The third kappa shape index (κ3) is 6.18. The lowest BCUT2D eigenvalue weighted by Crippen LogP contribution is -2.30. The molecule has 0 bridgehead atoms. The summed E-state index contributed by atoms with van der Waals surface area (Å²) in [5.41, 5.74) is 3.03. The zero-order valence-electron chi connectivity index (χ0n) is 17.2. The third-order valence-corrected chi connectivity index (χ3v) is 6.49. The smallest absolute Gasteiger partial charge is 0.307 e. The molecule has 162 valence electrons. The van der Waals surface area contributed by atoms with Crippen LogP contribution in [0, 0.1) is 6.92 Å². The third-order valence-electron chi connectivity index (χ3n) is 4.62. The molecule has 0 N–H and O–H groups in total. The first kappa shape index (κ1) is 23.5. The summed E-state index contributed by atoms with van der Waals surface area (Å²) >= 11 is 10.1. The molecule has 0 aliphatic carbocycles. The first-order chi connectivity index (χ1) is 14.9. The van der Waals surface area contributed by atoms with Gasteiger partial charge in [-0.05, 0) is 49.2 Å². The van der Waals surface area contributed by atoms with Crippen molar-refractivity contribution in [2.24, 2.45) is 0 Å². The monoisotopic (exact) mass is 519 g/mol. The van der Waals surface area contributed by atoms with Crippen LogP contribution in [0.25, 0.3) is 6.08 Å². The summed E-state index contributed by atoms with van der Waals surface area (Å²) < 4.78 is 12.3. The first-order valence-electron chi connectivity index (χ1n) is 9.77. The Balaban J connectivity index is 1.77. The van der Waals surface area contributed by atoms with E-state index in [0.29, 0.717) is 28.2 Å². The van der Waals surface area contributed by atoms with Crippen molar-refractivity contribution in [1.29, 1.82) is 0 Å². The van der Waals surface area contributed by atoms with Gasteiger partial charge in [0, 0.05) is 16.6 Å². The number of carbonyl (C=O) groups excluding carboxylic acids is 2. The van der Waals surface area contributed by atoms with E-state index in [1.807, 2.05) is 49.4 Å². The van der Waals surface area contributed by atoms with Crippen LogP contribution >= 0.6 is 39.9 Å². The molecule has 2 aromatic carbocycles. The number of halogens is 1. The quantitative estimate of drug-likeness (QED) is 0.261. The van der Waals surface area contributed by atoms with Gasteiger partial charge in [0.15, 0.2) is 0 Å². The van der Waals surface area contributed by atoms with Crippen molar-refractivity contribution in [3.63, 3.8) is 0 Å². The Morgan fingerprint density at radius 1 is 1.26 bits per heavy atom. The van der Waals surface area contributed by atoms with Crippen molar-refractivity contribution in [2.45, 2.75) is 26.9 Å². The van der Waals surface area contributed by atoms with Crippen LogP contribution in [0.4, 0.5) is 0 Å². The van der Waals surface area contributed by atoms with Crippen LogP contribution in [-0.2, 0) is 20.9 Å². The summed E-state index contributed by atoms with van der Waals surface area (Å²) in [7, 11) is 0. The average Bonchev–Trinajstić information content (AvgIpc) is 3.00. The largest absolute Gasteiger partial charge is 0.488 e. The van der Waals surface area contributed by atoms with E-state index in [2.05, 4.69) is 15.9 Å². The lowest BCUT2D eigenvalue weighted by atomic mass is 10.1. The molecule has 0 saturated carbocycles. The Bertz CT molecular complexity index is 1040. The van der Waals surface area contributed by atoms with E-state index in [0.717, 1.165) is 21.2 Å². The molecule has 2 aromatic rings. The molecule has 1 aliphatic rings. The van der Waals surface area contributed by atoms with Crippen LogP contribution in [0.3, 0.4) is 0 Å². The topological polar surface area (TPSA) is 55.8 Å². The van der Waals surface area contributed by atoms with Crippen LogP contribution in [0.15, 0.2) is 51.8 Å². The van der Waals surface area contributed by atoms with Gasteiger partial charge in [-0.3, -0.25) is 14.5 Å². The number of thioether (sulfide) groups is 1. The van der Waals surface area contributed by atoms with E-state index >= 15 is 0 Å². The Labute approximate surface area is 199 Å². The summed E-state index contributed by atoms with van der Waals surface area (Å²) in [6.07, 6.45) is 1.89. The zero-order valence-corrected chi connectivity index (χ0v) is 20.4. The number of hydrogen-bond donors (Lipinski definition) is 0. The number of benzene rings is 2. The number of hydrogen-bond acceptors (Lipinski definition) is 6. The highest BCUT2D eigenvalue weighted by Gasteiger charge is 2.32. The van der Waals surface area contributed by atoms with Crippen LogP contribution in [0.2, 0.25) is 0 Å². The second-order valence-electron chi connectivity index (χ2n) is 6.79. The van der Waals surface area contributed by atoms with E-state index in [4.69, 9.17) is 21.7 Å². The van der Waals surface area contributed by atoms with E-state index < -0.39 is 0 Å². The number of thiocarbonyl (C=S) groups is 1. The van der Waals surface area contributed by atoms with E-state index in [1.54, 1.807) is 13.0 Å². The van der Waals surface area contributed by atoms with Gasteiger partial charge in [0.05, 0.1) is 17.9 Å². The maximum Gasteiger partial charge on any atom is 0.307 e. The number of ether oxygens (including phenoxy) is 2. The Morgan fingerprint density at radius 3 is 2.77 bits per heavy atom. The van der Waals surface area contributed by atoms with Crippen molar-refractivity contribution >= 4 is 62.2 Å². The maximum atomic E-state index is 12.9. The molecule has 1 amide bonds. The summed E-state index contributed by atoms with van der Waals surface area (Å²) in [5.74, 6) is 0.104. The Hall–Kier alpha value is -2.16. The molecule has 0 atom stereocenters. The van der Waals surface area contributed by atoms with Crippen LogP contribution < -0.4 is 4.74 Å². The van der Waals surface area contributed by atoms with Crippen molar-refractivity contribution in [1.82, 2.24) is 4.90 Å². The second kappa shape index (κ2) is 10.9. The normalized spacial score (nSPS) is 14.9. The number of amides is 1. The van der Waals surface area contributed by atoms with Gasteiger partial charge in [-0.15, -0.1) is 0 Å². The molecular formula is C23H22BrNO4S2. The standard InChI is InChI=1S/C23H22BrNO4S2/c1-3-28-21(26)10-11-25-22(27)20(31-23(25)30)13-17-12-18(24)8-9-19(17)29-14-16-7-5-4-6-15(16)2/h4-9,12-13H,3,10-11,14H2,1-2H3/b20-13+. The average molecular weight is 520 g/mol. The molecule has 8 heteroatoms. The van der Waals surface area contributed by atoms with E-state index in [9.17, 15) is 9.59 Å². The van der Waals surface area contributed by atoms with Crippen LogP contribution in [0.1, 0.15) is 30.0 Å². The predicted molar refractivity (Wildman–Crippen MR) is 131 cm³/mol. The van der Waals surface area contributed by atoms with Gasteiger partial charge in [0.25, 0.3) is 5.91 Å². The molecule has 1 fully saturated rings. The van der Waals surface area contributed by atoms with Crippen molar-refractivity contribution in [3.8, 4) is 5.75 Å². The molecular weight excluding hydrogens is 498 g/mol. The summed E-state index contributed by atoms with van der Waals surface area (Å²) in [6.45, 7) is 4.73. The highest BCUT2D eigenvalue weighted by molar-refractivity contribution is 9.10. The fraction of sp³-hybridized carbons (Fsp3) is 0.261. The molecule has 3 rings (SSSR count). The van der Waals surface area contributed by atoms with E-state index in [-0.39, 0.29) is 24.8 Å². The number of aryl methyl sites for hydroxylation is 1. The molecule has 0 aromatic heterocycles. The van der Waals surface area contributed by atoms with E-state index in [1.165, 1.54) is 16.7 Å². The van der Waals surface area contributed by atoms with Crippen molar-refractivity contribution < 1.29 is 19.1 Å². The minimum Gasteiger partial charge on any atom is -0.488 e. The number of carbonyl (C=O) groups is 2. The zero-order chi connectivity index (χ0) is 22.4. The first-order valence-corrected chi connectivity index (χ1v) is 11.8. The van der Waals surface area contributed by atoms with Gasteiger partial charge in [-0.1, -0.05) is 64.2 Å². The van der Waals surface area contributed by atoms with Gasteiger partial charge < -0.3 is 9.47 Å². The number of nitrogens with zero attached hydrogens (tertiary/aromatic N) is 1.